The van der Waals surface area contributed by atoms with Gasteiger partial charge in [-0.2, -0.15) is 5.10 Å². The summed E-state index contributed by atoms with van der Waals surface area (Å²) in [6.45, 7) is 11.0. The Kier molecular flexibility index (Phi) is 9.49. The third kappa shape index (κ3) is 6.33. The number of rotatable bonds is 5. The number of piperidine rings is 1. The Morgan fingerprint density at radius 2 is 1.96 bits per heavy atom. The maximum absolute atomic E-state index is 12.7. The van der Waals surface area contributed by atoms with Crippen LogP contribution in [0, 0.1) is 12.8 Å². The van der Waals surface area contributed by atoms with Crippen LogP contribution in [0.25, 0.3) is 0 Å². The lowest BCUT2D eigenvalue weighted by atomic mass is 9.95. The Morgan fingerprint density at radius 3 is 2.57 bits per heavy atom. The molecule has 1 amide bonds. The molecule has 0 bridgehead atoms. The standard InChI is InChI=1S/C19H32N6O2.HI/c1-3-20-19(21-6-9-25-15-16(2)14-22-25)24-7-4-17(5-8-24)18(26)23-10-12-27-13-11-23;/h14-15,17H,3-13H2,1-2H3,(H,20,21);1H. The second-order valence-corrected chi connectivity index (χ2v) is 7.22. The van der Waals surface area contributed by atoms with Crippen LogP contribution in [-0.4, -0.2) is 83.9 Å². The number of hydrogen-bond acceptors (Lipinski definition) is 4. The van der Waals surface area contributed by atoms with E-state index in [1.165, 1.54) is 0 Å². The lowest BCUT2D eigenvalue weighted by Crippen LogP contribution is -2.50. The fourth-order valence-corrected chi connectivity index (χ4v) is 3.65. The number of halogens is 1. The van der Waals surface area contributed by atoms with Crippen LogP contribution in [0.15, 0.2) is 17.4 Å². The average Bonchev–Trinajstić information content (AvgIpc) is 3.13. The molecule has 0 spiro atoms. The first-order chi connectivity index (χ1) is 13.2. The highest BCUT2D eigenvalue weighted by atomic mass is 127. The number of nitrogens with one attached hydrogen (secondary N) is 1. The number of hydrogen-bond donors (Lipinski definition) is 1. The van der Waals surface area contributed by atoms with Gasteiger partial charge in [-0.15, -0.1) is 24.0 Å². The molecule has 0 aromatic carbocycles. The van der Waals surface area contributed by atoms with Gasteiger partial charge in [0.25, 0.3) is 0 Å². The van der Waals surface area contributed by atoms with Gasteiger partial charge in [-0.1, -0.05) is 0 Å². The third-order valence-electron chi connectivity index (χ3n) is 5.15. The molecule has 1 N–H and O–H groups in total. The average molecular weight is 504 g/mol. The molecule has 8 nitrogen and oxygen atoms in total. The van der Waals surface area contributed by atoms with E-state index in [4.69, 9.17) is 9.73 Å². The molecule has 9 heteroatoms. The van der Waals surface area contributed by atoms with Crippen molar-refractivity contribution in [3.05, 3.63) is 18.0 Å². The molecule has 2 aliphatic heterocycles. The summed E-state index contributed by atoms with van der Waals surface area (Å²) < 4.78 is 7.28. The molecule has 2 aliphatic rings. The Hall–Kier alpha value is -1.36. The van der Waals surface area contributed by atoms with E-state index < -0.39 is 0 Å². The first kappa shape index (κ1) is 22.9. The predicted molar refractivity (Wildman–Crippen MR) is 120 cm³/mol. The number of aryl methyl sites for hydroxylation is 1. The number of carbonyl (C=O) groups excluding carboxylic acids is 1. The van der Waals surface area contributed by atoms with E-state index in [2.05, 4.69) is 22.2 Å². The zero-order chi connectivity index (χ0) is 19.1. The summed E-state index contributed by atoms with van der Waals surface area (Å²) in [6, 6.07) is 0. The van der Waals surface area contributed by atoms with E-state index in [1.807, 2.05) is 28.9 Å². The summed E-state index contributed by atoms with van der Waals surface area (Å²) in [6.07, 6.45) is 5.67. The van der Waals surface area contributed by atoms with Crippen molar-refractivity contribution in [2.75, 3.05) is 52.5 Å². The van der Waals surface area contributed by atoms with Gasteiger partial charge in [0.2, 0.25) is 5.91 Å². The van der Waals surface area contributed by atoms with Crippen LogP contribution >= 0.6 is 24.0 Å². The van der Waals surface area contributed by atoms with Crippen LogP contribution < -0.4 is 5.32 Å². The van der Waals surface area contributed by atoms with Crippen molar-refractivity contribution in [3.8, 4) is 0 Å². The van der Waals surface area contributed by atoms with Crippen molar-refractivity contribution in [1.29, 1.82) is 0 Å². The van der Waals surface area contributed by atoms with Crippen LogP contribution in [0.2, 0.25) is 0 Å². The summed E-state index contributed by atoms with van der Waals surface area (Å²) in [5.74, 6) is 1.38. The van der Waals surface area contributed by atoms with Crippen LogP contribution in [0.1, 0.15) is 25.3 Å². The molecule has 0 atom stereocenters. The van der Waals surface area contributed by atoms with Gasteiger partial charge in [0.1, 0.15) is 0 Å². The minimum atomic E-state index is 0. The molecule has 3 rings (SSSR count). The molecule has 1 aromatic rings. The number of amides is 1. The summed E-state index contributed by atoms with van der Waals surface area (Å²) in [7, 11) is 0. The van der Waals surface area contributed by atoms with E-state index in [-0.39, 0.29) is 29.9 Å². The number of aromatic nitrogens is 2. The molecule has 2 saturated heterocycles. The lowest BCUT2D eigenvalue weighted by molar-refractivity contribution is -0.140. The van der Waals surface area contributed by atoms with E-state index in [0.29, 0.717) is 25.7 Å². The van der Waals surface area contributed by atoms with Crippen LogP contribution in [0.4, 0.5) is 0 Å². The monoisotopic (exact) mass is 504 g/mol. The molecule has 1 aromatic heterocycles. The molecule has 158 valence electrons. The van der Waals surface area contributed by atoms with Gasteiger partial charge in [0.15, 0.2) is 5.96 Å². The first-order valence-electron chi connectivity index (χ1n) is 10.1. The molecule has 2 fully saturated rings. The molecule has 0 unspecified atom stereocenters. The Bertz CT molecular complexity index is 636. The maximum atomic E-state index is 12.7. The van der Waals surface area contributed by atoms with Crippen molar-refractivity contribution in [2.45, 2.75) is 33.2 Å². The first-order valence-corrected chi connectivity index (χ1v) is 10.1. The van der Waals surface area contributed by atoms with E-state index in [9.17, 15) is 4.79 Å². The van der Waals surface area contributed by atoms with E-state index >= 15 is 0 Å². The van der Waals surface area contributed by atoms with E-state index in [1.54, 1.807) is 0 Å². The number of likely N-dealkylation sites (tertiary alicyclic amines) is 1. The Labute approximate surface area is 184 Å². The van der Waals surface area contributed by atoms with Gasteiger partial charge in [0.05, 0.1) is 32.5 Å². The van der Waals surface area contributed by atoms with Crippen molar-refractivity contribution >= 4 is 35.8 Å². The van der Waals surface area contributed by atoms with Crippen LogP contribution in [0.3, 0.4) is 0 Å². The Morgan fingerprint density at radius 1 is 1.25 bits per heavy atom. The largest absolute Gasteiger partial charge is 0.378 e. The van der Waals surface area contributed by atoms with Crippen molar-refractivity contribution < 1.29 is 9.53 Å². The lowest BCUT2D eigenvalue weighted by Gasteiger charge is -2.36. The number of ether oxygens (including phenoxy) is 1. The number of nitrogens with zero attached hydrogens (tertiary/aromatic N) is 5. The highest BCUT2D eigenvalue weighted by Gasteiger charge is 2.30. The molecule has 0 radical (unpaired) electrons. The summed E-state index contributed by atoms with van der Waals surface area (Å²) in [5.41, 5.74) is 1.16. The minimum Gasteiger partial charge on any atom is -0.378 e. The number of carbonyl (C=O) groups is 1. The minimum absolute atomic E-state index is 0. The summed E-state index contributed by atoms with van der Waals surface area (Å²) in [4.78, 5) is 21.7. The van der Waals surface area contributed by atoms with Crippen molar-refractivity contribution in [1.82, 2.24) is 24.9 Å². The zero-order valence-corrected chi connectivity index (χ0v) is 19.3. The van der Waals surface area contributed by atoms with Gasteiger partial charge in [-0.3, -0.25) is 14.5 Å². The Balaban J connectivity index is 0.00000280. The summed E-state index contributed by atoms with van der Waals surface area (Å²) in [5, 5.41) is 7.69. The molecular weight excluding hydrogens is 471 g/mol. The molecular formula is C19H33IN6O2. The smallest absolute Gasteiger partial charge is 0.225 e. The maximum Gasteiger partial charge on any atom is 0.225 e. The SMILES string of the molecule is CCNC(=NCCn1cc(C)cn1)N1CCC(C(=O)N2CCOCC2)CC1.I. The van der Waals surface area contributed by atoms with Gasteiger partial charge in [0, 0.05) is 44.8 Å². The van der Waals surface area contributed by atoms with Gasteiger partial charge in [-0.25, -0.2) is 0 Å². The predicted octanol–water partition coefficient (Wildman–Crippen LogP) is 1.35. The normalized spacial score (nSPS) is 18.7. The third-order valence-corrected chi connectivity index (χ3v) is 5.15. The second-order valence-electron chi connectivity index (χ2n) is 7.22. The van der Waals surface area contributed by atoms with Crippen molar-refractivity contribution in [2.24, 2.45) is 10.9 Å². The fourth-order valence-electron chi connectivity index (χ4n) is 3.65. The zero-order valence-electron chi connectivity index (χ0n) is 17.0. The highest BCUT2D eigenvalue weighted by Crippen LogP contribution is 2.20. The molecule has 0 aliphatic carbocycles. The summed E-state index contributed by atoms with van der Waals surface area (Å²) >= 11 is 0. The molecule has 28 heavy (non-hydrogen) atoms. The number of morpholine rings is 1. The molecule has 3 heterocycles. The quantitative estimate of drug-likeness (QED) is 0.373. The van der Waals surface area contributed by atoms with Gasteiger partial charge in [-0.05, 0) is 32.3 Å². The molecule has 0 saturated carbocycles. The van der Waals surface area contributed by atoms with Gasteiger partial charge < -0.3 is 19.9 Å². The fraction of sp³-hybridized carbons (Fsp3) is 0.737. The highest BCUT2D eigenvalue weighted by molar-refractivity contribution is 14.0. The second kappa shape index (κ2) is 11.6. The van der Waals surface area contributed by atoms with Crippen molar-refractivity contribution in [3.63, 3.8) is 0 Å². The number of aliphatic imine (C=N–C) groups is 1. The topological polar surface area (TPSA) is 75.0 Å². The van der Waals surface area contributed by atoms with Gasteiger partial charge >= 0.3 is 0 Å². The van der Waals surface area contributed by atoms with Crippen LogP contribution in [-0.2, 0) is 16.1 Å². The van der Waals surface area contributed by atoms with E-state index in [0.717, 1.165) is 63.6 Å². The van der Waals surface area contributed by atoms with Crippen LogP contribution in [0.5, 0.6) is 0 Å². The number of guanidine groups is 1.